The maximum Gasteiger partial charge on any atom is 0.257 e. The van der Waals surface area contributed by atoms with E-state index in [0.29, 0.717) is 11.5 Å². The number of nitrogens with one attached hydrogen (secondary N) is 2. The van der Waals surface area contributed by atoms with Crippen LogP contribution in [-0.4, -0.2) is 17.4 Å². The second-order valence-electron chi connectivity index (χ2n) is 6.74. The Kier molecular flexibility index (Phi) is 6.99. The van der Waals surface area contributed by atoms with Gasteiger partial charge in [0.1, 0.15) is 0 Å². The minimum atomic E-state index is -0.124. The molecule has 0 saturated carbocycles. The summed E-state index contributed by atoms with van der Waals surface area (Å²) in [6.07, 6.45) is 6.88. The maximum atomic E-state index is 12.7. The molecule has 0 bridgehead atoms. The topological polar surface area (TPSA) is 54.0 Å². The van der Waals surface area contributed by atoms with Gasteiger partial charge < -0.3 is 10.6 Å². The fraction of sp³-hybridized carbons (Fsp3) is 0.429. The van der Waals surface area contributed by atoms with Crippen LogP contribution < -0.4 is 10.6 Å². The largest absolute Gasteiger partial charge is 0.384 e. The van der Waals surface area contributed by atoms with Gasteiger partial charge in [-0.3, -0.25) is 9.78 Å². The summed E-state index contributed by atoms with van der Waals surface area (Å²) in [5.74, 6) is 0.223. The first-order valence-corrected chi connectivity index (χ1v) is 9.12. The van der Waals surface area contributed by atoms with Crippen molar-refractivity contribution in [3.05, 3.63) is 53.3 Å². The Hall–Kier alpha value is -2.36. The molecule has 2 rings (SSSR count). The highest BCUT2D eigenvalue weighted by molar-refractivity contribution is 6.05. The predicted molar refractivity (Wildman–Crippen MR) is 105 cm³/mol. The number of unbranched alkanes of at least 4 members (excludes halogenated alkanes) is 2. The highest BCUT2D eigenvalue weighted by atomic mass is 16.1. The van der Waals surface area contributed by atoms with E-state index in [0.717, 1.165) is 35.5 Å². The molecule has 1 aromatic carbocycles. The van der Waals surface area contributed by atoms with Crippen LogP contribution in [0.4, 0.5) is 11.4 Å². The van der Waals surface area contributed by atoms with Gasteiger partial charge in [0.15, 0.2) is 0 Å². The minimum Gasteiger partial charge on any atom is -0.384 e. The summed E-state index contributed by atoms with van der Waals surface area (Å²) < 4.78 is 0. The summed E-state index contributed by atoms with van der Waals surface area (Å²) in [5.41, 5.74) is 4.58. The van der Waals surface area contributed by atoms with Crippen molar-refractivity contribution in [2.45, 2.75) is 52.9 Å². The number of aromatic nitrogens is 1. The van der Waals surface area contributed by atoms with E-state index in [2.05, 4.69) is 42.5 Å². The van der Waals surface area contributed by atoms with Gasteiger partial charge in [0, 0.05) is 24.6 Å². The molecule has 0 saturated heterocycles. The molecule has 25 heavy (non-hydrogen) atoms. The summed E-state index contributed by atoms with van der Waals surface area (Å²) in [6, 6.07) is 7.98. The molecule has 4 nitrogen and oxygen atoms in total. The fourth-order valence-corrected chi connectivity index (χ4v) is 2.80. The summed E-state index contributed by atoms with van der Waals surface area (Å²) in [7, 11) is 0. The van der Waals surface area contributed by atoms with Crippen LogP contribution in [0.5, 0.6) is 0 Å². The van der Waals surface area contributed by atoms with Crippen LogP contribution in [0.2, 0.25) is 0 Å². The van der Waals surface area contributed by atoms with Crippen molar-refractivity contribution in [1.29, 1.82) is 0 Å². The summed E-state index contributed by atoms with van der Waals surface area (Å²) in [4.78, 5) is 16.9. The quantitative estimate of drug-likeness (QED) is 0.636. The second kappa shape index (κ2) is 9.21. The zero-order valence-corrected chi connectivity index (χ0v) is 15.7. The molecule has 1 heterocycles. The van der Waals surface area contributed by atoms with Crippen molar-refractivity contribution < 1.29 is 4.79 Å². The van der Waals surface area contributed by atoms with Crippen molar-refractivity contribution in [2.24, 2.45) is 0 Å². The van der Waals surface area contributed by atoms with Crippen LogP contribution in [0.3, 0.4) is 0 Å². The average molecular weight is 339 g/mol. The van der Waals surface area contributed by atoms with Gasteiger partial charge in [-0.25, -0.2) is 0 Å². The molecule has 1 amide bonds. The molecule has 0 aliphatic carbocycles. The standard InChI is InChI=1S/C21H29N3O/c1-5-6-7-11-23-18-12-17(13-22-14-18)21(25)24-20-16(4)9-8-10-19(20)15(2)3/h8-10,12-15,23H,5-7,11H2,1-4H3,(H,24,25). The molecule has 0 fully saturated rings. The molecule has 0 radical (unpaired) electrons. The van der Waals surface area contributed by atoms with Crippen LogP contribution in [0.1, 0.15) is 67.4 Å². The molecule has 0 aliphatic heterocycles. The Labute approximate surface area is 151 Å². The molecular weight excluding hydrogens is 310 g/mol. The molecular formula is C21H29N3O. The number of rotatable bonds is 8. The number of carbonyl (C=O) groups is 1. The predicted octanol–water partition coefficient (Wildman–Crippen LogP) is 5.37. The first-order chi connectivity index (χ1) is 12.0. The lowest BCUT2D eigenvalue weighted by Gasteiger charge is -2.16. The number of carbonyl (C=O) groups excluding carboxylic acids is 1. The van der Waals surface area contributed by atoms with E-state index >= 15 is 0 Å². The number of anilines is 2. The van der Waals surface area contributed by atoms with E-state index in [1.165, 1.54) is 12.8 Å². The van der Waals surface area contributed by atoms with Crippen LogP contribution in [0.25, 0.3) is 0 Å². The number of para-hydroxylation sites is 1. The number of benzene rings is 1. The third-order valence-corrected chi connectivity index (χ3v) is 4.28. The van der Waals surface area contributed by atoms with Crippen molar-refractivity contribution in [2.75, 3.05) is 17.2 Å². The lowest BCUT2D eigenvalue weighted by molar-refractivity contribution is 0.102. The molecule has 0 spiro atoms. The Morgan fingerprint density at radius 3 is 2.72 bits per heavy atom. The minimum absolute atomic E-state index is 0.124. The second-order valence-corrected chi connectivity index (χ2v) is 6.74. The highest BCUT2D eigenvalue weighted by Gasteiger charge is 2.14. The third-order valence-electron chi connectivity index (χ3n) is 4.28. The SMILES string of the molecule is CCCCCNc1cncc(C(=O)Nc2c(C)cccc2C(C)C)c1. The molecule has 4 heteroatoms. The number of hydrogen-bond acceptors (Lipinski definition) is 3. The van der Waals surface area contributed by atoms with Gasteiger partial charge in [0.2, 0.25) is 0 Å². The number of pyridine rings is 1. The molecule has 134 valence electrons. The van der Waals surface area contributed by atoms with Gasteiger partial charge in [-0.15, -0.1) is 0 Å². The Morgan fingerprint density at radius 1 is 1.20 bits per heavy atom. The Morgan fingerprint density at radius 2 is 2.00 bits per heavy atom. The Bertz CT molecular complexity index is 710. The fourth-order valence-electron chi connectivity index (χ4n) is 2.80. The number of hydrogen-bond donors (Lipinski definition) is 2. The van der Waals surface area contributed by atoms with Crippen LogP contribution in [-0.2, 0) is 0 Å². The zero-order valence-electron chi connectivity index (χ0n) is 15.7. The smallest absolute Gasteiger partial charge is 0.257 e. The number of amides is 1. The summed E-state index contributed by atoms with van der Waals surface area (Å²) >= 11 is 0. The van der Waals surface area contributed by atoms with Gasteiger partial charge >= 0.3 is 0 Å². The monoisotopic (exact) mass is 339 g/mol. The van der Waals surface area contributed by atoms with Gasteiger partial charge in [-0.2, -0.15) is 0 Å². The van der Waals surface area contributed by atoms with Gasteiger partial charge in [0.25, 0.3) is 5.91 Å². The summed E-state index contributed by atoms with van der Waals surface area (Å²) in [6.45, 7) is 9.37. The highest BCUT2D eigenvalue weighted by Crippen LogP contribution is 2.28. The van der Waals surface area contributed by atoms with Crippen LogP contribution in [0.15, 0.2) is 36.7 Å². The first-order valence-electron chi connectivity index (χ1n) is 9.12. The Balaban J connectivity index is 2.11. The van der Waals surface area contributed by atoms with Gasteiger partial charge in [0.05, 0.1) is 11.3 Å². The van der Waals surface area contributed by atoms with E-state index in [9.17, 15) is 4.79 Å². The molecule has 0 unspecified atom stereocenters. The first kappa shape index (κ1) is 19.0. The third kappa shape index (κ3) is 5.31. The molecule has 0 aliphatic rings. The van der Waals surface area contributed by atoms with Crippen molar-refractivity contribution in [3.8, 4) is 0 Å². The molecule has 1 aromatic heterocycles. The van der Waals surface area contributed by atoms with E-state index in [1.54, 1.807) is 12.4 Å². The van der Waals surface area contributed by atoms with Crippen molar-refractivity contribution >= 4 is 17.3 Å². The molecule has 0 atom stereocenters. The average Bonchev–Trinajstić information content (AvgIpc) is 2.60. The summed E-state index contributed by atoms with van der Waals surface area (Å²) in [5, 5.41) is 6.41. The maximum absolute atomic E-state index is 12.7. The number of aryl methyl sites for hydroxylation is 1. The zero-order chi connectivity index (χ0) is 18.2. The van der Waals surface area contributed by atoms with E-state index in [1.807, 2.05) is 25.1 Å². The molecule has 2 aromatic rings. The lowest BCUT2D eigenvalue weighted by atomic mass is 9.98. The normalized spacial score (nSPS) is 10.8. The lowest BCUT2D eigenvalue weighted by Crippen LogP contribution is -2.15. The van der Waals surface area contributed by atoms with Gasteiger partial charge in [-0.05, 0) is 36.5 Å². The van der Waals surface area contributed by atoms with Crippen molar-refractivity contribution in [3.63, 3.8) is 0 Å². The molecule has 2 N–H and O–H groups in total. The van der Waals surface area contributed by atoms with E-state index in [-0.39, 0.29) is 5.91 Å². The van der Waals surface area contributed by atoms with Crippen LogP contribution >= 0.6 is 0 Å². The van der Waals surface area contributed by atoms with E-state index < -0.39 is 0 Å². The van der Waals surface area contributed by atoms with Crippen molar-refractivity contribution in [1.82, 2.24) is 4.98 Å². The van der Waals surface area contributed by atoms with Crippen LogP contribution in [0, 0.1) is 6.92 Å². The van der Waals surface area contributed by atoms with E-state index in [4.69, 9.17) is 0 Å². The van der Waals surface area contributed by atoms with Gasteiger partial charge in [-0.1, -0.05) is 51.8 Å². The number of nitrogens with zero attached hydrogens (tertiary/aromatic N) is 1.